The molecule has 0 aliphatic carbocycles. The van der Waals surface area contributed by atoms with Crippen molar-refractivity contribution < 1.29 is 8.83 Å². The van der Waals surface area contributed by atoms with Gasteiger partial charge in [-0.15, -0.1) is 0 Å². The molecule has 256 valence electrons. The van der Waals surface area contributed by atoms with Crippen molar-refractivity contribution in [1.29, 1.82) is 0 Å². The summed E-state index contributed by atoms with van der Waals surface area (Å²) in [6.45, 7) is 12.8. The van der Waals surface area contributed by atoms with E-state index < -0.39 is 0 Å². The second kappa shape index (κ2) is 11.2. The van der Waals surface area contributed by atoms with Crippen LogP contribution in [0.4, 0.5) is 0 Å². The number of benzene rings is 6. The molecule has 0 N–H and O–H groups in total. The van der Waals surface area contributed by atoms with E-state index >= 15 is 0 Å². The van der Waals surface area contributed by atoms with Crippen LogP contribution < -0.4 is 15.9 Å². The predicted octanol–water partition coefficient (Wildman–Crippen LogP) is 11.3. The van der Waals surface area contributed by atoms with Crippen LogP contribution in [-0.4, -0.2) is 8.97 Å². The van der Waals surface area contributed by atoms with Crippen LogP contribution in [0, 0.1) is 0 Å². The summed E-state index contributed by atoms with van der Waals surface area (Å²) in [6.07, 6.45) is 8.28. The fourth-order valence-electron chi connectivity index (χ4n) is 9.22. The molecule has 0 radical (unpaired) electrons. The summed E-state index contributed by atoms with van der Waals surface area (Å²) >= 11 is 0. The maximum Gasteiger partial charge on any atom is 0.137 e. The van der Waals surface area contributed by atoms with Crippen molar-refractivity contribution in [1.82, 2.24) is 8.97 Å². The van der Waals surface area contributed by atoms with Gasteiger partial charge in [0.25, 0.3) is 0 Å². The molecule has 5 aromatic heterocycles. The molecular formula is C50H34N2O2. The van der Waals surface area contributed by atoms with E-state index in [0.29, 0.717) is 0 Å². The number of allylic oxidation sites excluding steroid dienone is 1. The number of fused-ring (bicyclic) bond motifs is 13. The van der Waals surface area contributed by atoms with Gasteiger partial charge >= 0.3 is 0 Å². The second-order valence-corrected chi connectivity index (χ2v) is 13.9. The molecule has 11 rings (SSSR count). The second-order valence-electron chi connectivity index (χ2n) is 13.9. The van der Waals surface area contributed by atoms with E-state index in [9.17, 15) is 0 Å². The van der Waals surface area contributed by atoms with Crippen molar-refractivity contribution in [3.63, 3.8) is 0 Å². The van der Waals surface area contributed by atoms with E-state index in [0.717, 1.165) is 77.0 Å². The van der Waals surface area contributed by atoms with Crippen molar-refractivity contribution in [3.8, 4) is 5.69 Å². The molecule has 0 atom stereocenters. The standard InChI is InChI=1S/C50H34N2O2/c1-5-30(46-35-17-10-13-21-43(35)53-42(46)8-4)29-24-25-34-41(28-29)51(38-20-15-23-45-47(38)36-18-11-14-22-44(36)54-45)39-26-27-40-48(49(34)39)32(7-3)50-31(6-2)33-16-9-12-19-37(33)52(40)50/h5-28H,1-2H2,3-4H3/b32-7-,42-8+,46-30+. The quantitative estimate of drug-likeness (QED) is 0.184. The maximum absolute atomic E-state index is 6.45. The topological polar surface area (TPSA) is 35.6 Å². The van der Waals surface area contributed by atoms with Gasteiger partial charge in [0.1, 0.15) is 22.2 Å². The minimum atomic E-state index is 0.837. The average Bonchev–Trinajstić information content (AvgIpc) is 4.01. The van der Waals surface area contributed by atoms with E-state index in [1.54, 1.807) is 0 Å². The number of furan rings is 2. The molecule has 0 bridgehead atoms. The Labute approximate surface area is 309 Å². The summed E-state index contributed by atoms with van der Waals surface area (Å²) < 4.78 is 17.7. The van der Waals surface area contributed by atoms with Crippen LogP contribution in [0.25, 0.3) is 112 Å². The van der Waals surface area contributed by atoms with Crippen LogP contribution in [0.5, 0.6) is 0 Å². The van der Waals surface area contributed by atoms with Gasteiger partial charge in [0.2, 0.25) is 0 Å². The molecular weight excluding hydrogens is 661 g/mol. The fourth-order valence-corrected chi connectivity index (χ4v) is 9.22. The van der Waals surface area contributed by atoms with Crippen molar-refractivity contribution >= 4 is 106 Å². The number of hydrogen-bond donors (Lipinski definition) is 0. The van der Waals surface area contributed by atoms with Gasteiger partial charge in [-0.2, -0.15) is 0 Å². The smallest absolute Gasteiger partial charge is 0.137 e. The Balaban J connectivity index is 1.36. The lowest BCUT2D eigenvalue weighted by molar-refractivity contribution is 0.574. The van der Waals surface area contributed by atoms with Gasteiger partial charge in [0, 0.05) is 48.3 Å². The number of para-hydroxylation sites is 3. The zero-order chi connectivity index (χ0) is 36.2. The molecule has 11 aromatic rings. The predicted molar refractivity (Wildman–Crippen MR) is 228 cm³/mol. The van der Waals surface area contributed by atoms with Crippen LogP contribution in [0.2, 0.25) is 0 Å². The fraction of sp³-hybridized carbons (Fsp3) is 0.0400. The Morgan fingerprint density at radius 2 is 1.30 bits per heavy atom. The van der Waals surface area contributed by atoms with Gasteiger partial charge in [0.15, 0.2) is 0 Å². The molecule has 5 heterocycles. The van der Waals surface area contributed by atoms with Gasteiger partial charge in [-0.05, 0) is 79.6 Å². The zero-order valence-corrected chi connectivity index (χ0v) is 30.0. The number of nitrogens with zero attached hydrogens (tertiary/aromatic N) is 2. The highest BCUT2D eigenvalue weighted by Gasteiger charge is 2.24. The summed E-state index contributed by atoms with van der Waals surface area (Å²) in [7, 11) is 0. The molecule has 0 spiro atoms. The third-order valence-electron chi connectivity index (χ3n) is 11.4. The first-order valence-corrected chi connectivity index (χ1v) is 18.4. The van der Waals surface area contributed by atoms with E-state index in [-0.39, 0.29) is 0 Å². The molecule has 0 fully saturated rings. The van der Waals surface area contributed by atoms with Gasteiger partial charge in [-0.1, -0.05) is 104 Å². The Bertz CT molecular complexity index is 3620. The molecule has 4 heteroatoms. The van der Waals surface area contributed by atoms with Crippen molar-refractivity contribution in [3.05, 3.63) is 168 Å². The van der Waals surface area contributed by atoms with Crippen LogP contribution >= 0.6 is 0 Å². The Morgan fingerprint density at radius 1 is 0.574 bits per heavy atom. The molecule has 0 saturated carbocycles. The van der Waals surface area contributed by atoms with Gasteiger partial charge in [-0.3, -0.25) is 0 Å². The van der Waals surface area contributed by atoms with Crippen LogP contribution in [0.15, 0.2) is 149 Å². The first-order chi connectivity index (χ1) is 26.6. The Kier molecular flexibility index (Phi) is 6.36. The first-order valence-electron chi connectivity index (χ1n) is 18.4. The summed E-state index contributed by atoms with van der Waals surface area (Å²) in [6, 6.07) is 43.1. The number of rotatable bonds is 4. The van der Waals surface area contributed by atoms with E-state index in [1.165, 1.54) is 43.3 Å². The molecule has 0 amide bonds. The number of aromatic nitrogens is 2. The molecule has 54 heavy (non-hydrogen) atoms. The average molecular weight is 695 g/mol. The van der Waals surface area contributed by atoms with Crippen molar-refractivity contribution in [2.75, 3.05) is 0 Å². The van der Waals surface area contributed by atoms with E-state index in [1.807, 2.05) is 49.4 Å². The minimum absolute atomic E-state index is 0.837. The number of hydrogen-bond acceptors (Lipinski definition) is 2. The lowest BCUT2D eigenvalue weighted by Crippen LogP contribution is -2.22. The normalized spacial score (nSPS) is 13.7. The maximum atomic E-state index is 6.45. The summed E-state index contributed by atoms with van der Waals surface area (Å²) in [5.74, 6) is 0. The SMILES string of the molecule is C=C/C(c1ccc2c3c4/c(=C/C)c5c(C=C)c6ccccc6n5c4ccc3n(-c3cccc4oc5ccccc5c34)c2c1)=c1\c(=C/C)oc2ccccc12. The Morgan fingerprint density at radius 3 is 2.07 bits per heavy atom. The third kappa shape index (κ3) is 3.86. The highest BCUT2D eigenvalue weighted by molar-refractivity contribution is 6.25. The van der Waals surface area contributed by atoms with Gasteiger partial charge in [0.05, 0.1) is 38.7 Å². The minimum Gasteiger partial charge on any atom is -0.456 e. The summed E-state index contributed by atoms with van der Waals surface area (Å²) in [5, 5.41) is 10.3. The summed E-state index contributed by atoms with van der Waals surface area (Å²) in [5.41, 5.74) is 13.5. The third-order valence-corrected chi connectivity index (χ3v) is 11.4. The van der Waals surface area contributed by atoms with Crippen molar-refractivity contribution in [2.45, 2.75) is 13.8 Å². The van der Waals surface area contributed by atoms with Crippen LogP contribution in [-0.2, 0) is 0 Å². The highest BCUT2D eigenvalue weighted by Crippen LogP contribution is 2.42. The first kappa shape index (κ1) is 30.6. The highest BCUT2D eigenvalue weighted by atomic mass is 16.3. The van der Waals surface area contributed by atoms with E-state index in [2.05, 4.69) is 132 Å². The summed E-state index contributed by atoms with van der Waals surface area (Å²) in [4.78, 5) is 0. The molecule has 0 aliphatic heterocycles. The van der Waals surface area contributed by atoms with Gasteiger partial charge in [-0.25, -0.2) is 0 Å². The molecule has 4 nitrogen and oxygen atoms in total. The lowest BCUT2D eigenvalue weighted by atomic mass is 9.99. The molecule has 0 aliphatic rings. The molecule has 6 aromatic carbocycles. The zero-order valence-electron chi connectivity index (χ0n) is 30.0. The molecule has 0 saturated heterocycles. The Hall–Kier alpha value is -7.04. The van der Waals surface area contributed by atoms with Crippen LogP contribution in [0.3, 0.4) is 0 Å². The monoisotopic (exact) mass is 694 g/mol. The van der Waals surface area contributed by atoms with E-state index in [4.69, 9.17) is 8.83 Å². The van der Waals surface area contributed by atoms with Crippen LogP contribution in [0.1, 0.15) is 25.0 Å². The largest absolute Gasteiger partial charge is 0.456 e. The van der Waals surface area contributed by atoms with Gasteiger partial charge < -0.3 is 17.8 Å². The van der Waals surface area contributed by atoms with Crippen molar-refractivity contribution in [2.24, 2.45) is 0 Å². The molecule has 0 unspecified atom stereocenters. The lowest BCUT2D eigenvalue weighted by Gasteiger charge is -2.11.